The van der Waals surface area contributed by atoms with Crippen LogP contribution in [0.2, 0.25) is 0 Å². The molecule has 2 aromatic carbocycles. The van der Waals surface area contributed by atoms with Gasteiger partial charge in [-0.15, -0.1) is 0 Å². The summed E-state index contributed by atoms with van der Waals surface area (Å²) >= 11 is 0. The molecule has 1 fully saturated rings. The third-order valence-corrected chi connectivity index (χ3v) is 4.28. The lowest BCUT2D eigenvalue weighted by Crippen LogP contribution is -2.34. The molecule has 4 nitrogen and oxygen atoms in total. The number of fused-ring (bicyclic) bond motifs is 3. The third-order valence-electron chi connectivity index (χ3n) is 4.28. The van der Waals surface area contributed by atoms with Crippen molar-refractivity contribution in [3.05, 3.63) is 59.7 Å². The molecule has 0 bridgehead atoms. The molecule has 2 N–H and O–H groups in total. The Bertz CT molecular complexity index is 752. The van der Waals surface area contributed by atoms with Crippen LogP contribution in [0.1, 0.15) is 28.3 Å². The number of nitrogens with zero attached hydrogens (tertiary/aromatic N) is 1. The van der Waals surface area contributed by atoms with Gasteiger partial charge in [-0.1, -0.05) is 18.2 Å². The first-order valence-corrected chi connectivity index (χ1v) is 7.60. The first-order chi connectivity index (χ1) is 10.8. The van der Waals surface area contributed by atoms with Gasteiger partial charge in [-0.3, -0.25) is 9.79 Å². The molecule has 0 saturated carbocycles. The number of nitrogens with one attached hydrogen (secondary N) is 2. The van der Waals surface area contributed by atoms with Crippen LogP contribution in [0.25, 0.3) is 0 Å². The predicted octanol–water partition coefficient (Wildman–Crippen LogP) is 3.10. The Hall–Kier alpha value is -2.46. The van der Waals surface area contributed by atoms with E-state index in [0.717, 1.165) is 30.9 Å². The van der Waals surface area contributed by atoms with Gasteiger partial charge < -0.3 is 10.6 Å². The second kappa shape index (κ2) is 5.39. The van der Waals surface area contributed by atoms with Gasteiger partial charge in [0, 0.05) is 29.4 Å². The highest BCUT2D eigenvalue weighted by Gasteiger charge is 2.29. The number of anilines is 1. The Balaban J connectivity index is 1.59. The molecule has 1 atom stereocenters. The fraction of sp³-hybridized carbons (Fsp3) is 0.222. The fourth-order valence-corrected chi connectivity index (χ4v) is 3.16. The van der Waals surface area contributed by atoms with Crippen molar-refractivity contribution in [2.24, 2.45) is 4.99 Å². The summed E-state index contributed by atoms with van der Waals surface area (Å²) in [5.74, 6) is 0.303. The van der Waals surface area contributed by atoms with Crippen LogP contribution in [-0.2, 0) is 0 Å². The van der Waals surface area contributed by atoms with Crippen LogP contribution in [0.15, 0.2) is 53.5 Å². The monoisotopic (exact) mass is 291 g/mol. The average molecular weight is 291 g/mol. The number of rotatable bonds is 2. The van der Waals surface area contributed by atoms with Gasteiger partial charge in [0.2, 0.25) is 0 Å². The lowest BCUT2D eigenvalue weighted by atomic mass is 9.89. The Morgan fingerprint density at radius 3 is 2.91 bits per heavy atom. The van der Waals surface area contributed by atoms with Gasteiger partial charge >= 0.3 is 0 Å². The molecule has 1 amide bonds. The van der Waals surface area contributed by atoms with Crippen LogP contribution in [0, 0.1) is 0 Å². The maximum atomic E-state index is 12.4. The van der Waals surface area contributed by atoms with Crippen molar-refractivity contribution in [3.8, 4) is 0 Å². The third kappa shape index (κ3) is 2.31. The van der Waals surface area contributed by atoms with Gasteiger partial charge in [-0.2, -0.15) is 0 Å². The molecular weight excluding hydrogens is 274 g/mol. The van der Waals surface area contributed by atoms with Crippen LogP contribution in [0.5, 0.6) is 0 Å². The average Bonchev–Trinajstić information content (AvgIpc) is 2.93. The number of hydrogen-bond acceptors (Lipinski definition) is 3. The largest absolute Gasteiger partial charge is 0.322 e. The maximum Gasteiger partial charge on any atom is 0.255 e. The van der Waals surface area contributed by atoms with E-state index in [0.29, 0.717) is 11.5 Å². The highest BCUT2D eigenvalue weighted by Crippen LogP contribution is 2.38. The van der Waals surface area contributed by atoms with E-state index in [9.17, 15) is 4.79 Å². The molecule has 2 aliphatic rings. The van der Waals surface area contributed by atoms with Gasteiger partial charge in [0.1, 0.15) is 0 Å². The van der Waals surface area contributed by atoms with Crippen LogP contribution < -0.4 is 10.6 Å². The summed E-state index contributed by atoms with van der Waals surface area (Å²) in [5.41, 5.74) is 4.91. The molecule has 0 aliphatic carbocycles. The Morgan fingerprint density at radius 2 is 2.05 bits per heavy atom. The number of carbonyl (C=O) groups is 1. The first kappa shape index (κ1) is 13.2. The normalized spacial score (nSPS) is 19.1. The number of amides is 1. The molecule has 0 spiro atoms. The van der Waals surface area contributed by atoms with Crippen molar-refractivity contribution in [1.29, 1.82) is 0 Å². The Kier molecular flexibility index (Phi) is 3.24. The van der Waals surface area contributed by atoms with Crippen molar-refractivity contribution in [2.75, 3.05) is 18.4 Å². The summed E-state index contributed by atoms with van der Waals surface area (Å²) in [7, 11) is 0. The number of aliphatic imine (C=N–C) groups is 1. The minimum Gasteiger partial charge on any atom is -0.322 e. The zero-order valence-electron chi connectivity index (χ0n) is 12.2. The van der Waals surface area contributed by atoms with E-state index in [1.165, 1.54) is 11.3 Å². The molecule has 2 aromatic rings. The molecule has 2 heterocycles. The van der Waals surface area contributed by atoms with E-state index in [4.69, 9.17) is 0 Å². The van der Waals surface area contributed by atoms with E-state index in [2.05, 4.69) is 15.6 Å². The van der Waals surface area contributed by atoms with E-state index in [1.54, 1.807) is 0 Å². The smallest absolute Gasteiger partial charge is 0.255 e. The number of para-hydroxylation sites is 1. The van der Waals surface area contributed by atoms with Crippen LogP contribution in [-0.4, -0.2) is 24.7 Å². The molecule has 1 saturated heterocycles. The quantitative estimate of drug-likeness (QED) is 0.893. The first-order valence-electron chi connectivity index (χ1n) is 7.60. The fourth-order valence-electron chi connectivity index (χ4n) is 3.16. The maximum absolute atomic E-state index is 12.4. The second-order valence-corrected chi connectivity index (χ2v) is 5.71. The second-order valence-electron chi connectivity index (χ2n) is 5.71. The highest BCUT2D eigenvalue weighted by molar-refractivity contribution is 6.06. The van der Waals surface area contributed by atoms with Gasteiger partial charge in [-0.05, 0) is 48.9 Å². The SMILES string of the molecule is O=C(Nc1ccccc1)c1ccc2c(c1)C1CCNCC1=N2. The molecule has 4 heteroatoms. The van der Waals surface area contributed by atoms with Crippen molar-refractivity contribution < 1.29 is 4.79 Å². The molecular formula is C18H17N3O. The molecule has 0 aromatic heterocycles. The standard InChI is InChI=1S/C18H17N3O/c22-18(20-13-4-2-1-3-5-13)12-6-7-16-15(10-12)14-8-9-19-11-17(14)21-16/h1-7,10,14,19H,8-9,11H2,(H,20,22). The molecule has 4 rings (SSSR count). The number of benzene rings is 2. The van der Waals surface area contributed by atoms with Crippen molar-refractivity contribution in [1.82, 2.24) is 5.32 Å². The van der Waals surface area contributed by atoms with Crippen LogP contribution in [0.4, 0.5) is 11.4 Å². The summed E-state index contributed by atoms with van der Waals surface area (Å²) in [6.07, 6.45) is 1.05. The number of piperidine rings is 1. The molecule has 1 unspecified atom stereocenters. The summed E-state index contributed by atoms with van der Waals surface area (Å²) in [6, 6.07) is 15.3. The van der Waals surface area contributed by atoms with Gasteiger partial charge in [0.15, 0.2) is 0 Å². The van der Waals surface area contributed by atoms with Crippen molar-refractivity contribution in [3.63, 3.8) is 0 Å². The minimum absolute atomic E-state index is 0.0728. The number of carbonyl (C=O) groups excluding carboxylic acids is 1. The molecule has 0 radical (unpaired) electrons. The van der Waals surface area contributed by atoms with E-state index >= 15 is 0 Å². The lowest BCUT2D eigenvalue weighted by molar-refractivity contribution is 0.102. The predicted molar refractivity (Wildman–Crippen MR) is 88.2 cm³/mol. The summed E-state index contributed by atoms with van der Waals surface area (Å²) in [5, 5.41) is 6.28. The van der Waals surface area contributed by atoms with Crippen molar-refractivity contribution >= 4 is 23.0 Å². The lowest BCUT2D eigenvalue weighted by Gasteiger charge is -2.21. The summed E-state index contributed by atoms with van der Waals surface area (Å²) in [4.78, 5) is 17.1. The highest BCUT2D eigenvalue weighted by atomic mass is 16.1. The van der Waals surface area contributed by atoms with E-state index < -0.39 is 0 Å². The summed E-state index contributed by atoms with van der Waals surface area (Å²) in [6.45, 7) is 1.86. The van der Waals surface area contributed by atoms with Gasteiger partial charge in [-0.25, -0.2) is 0 Å². The van der Waals surface area contributed by atoms with Crippen molar-refractivity contribution in [2.45, 2.75) is 12.3 Å². The molecule has 22 heavy (non-hydrogen) atoms. The zero-order chi connectivity index (χ0) is 14.9. The van der Waals surface area contributed by atoms with Crippen LogP contribution in [0.3, 0.4) is 0 Å². The molecule has 2 aliphatic heterocycles. The van der Waals surface area contributed by atoms with E-state index in [-0.39, 0.29) is 5.91 Å². The van der Waals surface area contributed by atoms with Gasteiger partial charge in [0.05, 0.1) is 5.69 Å². The summed E-state index contributed by atoms with van der Waals surface area (Å²) < 4.78 is 0. The topological polar surface area (TPSA) is 53.5 Å². The Morgan fingerprint density at radius 1 is 1.18 bits per heavy atom. The van der Waals surface area contributed by atoms with Crippen LogP contribution >= 0.6 is 0 Å². The minimum atomic E-state index is -0.0728. The van der Waals surface area contributed by atoms with Gasteiger partial charge in [0.25, 0.3) is 5.91 Å². The Labute approximate surface area is 129 Å². The zero-order valence-corrected chi connectivity index (χ0v) is 12.2. The molecule has 110 valence electrons. The number of hydrogen-bond donors (Lipinski definition) is 2. The van der Waals surface area contributed by atoms with E-state index in [1.807, 2.05) is 48.5 Å².